The van der Waals surface area contributed by atoms with Crippen LogP contribution in [0.5, 0.6) is 0 Å². The van der Waals surface area contributed by atoms with Crippen LogP contribution in [0.4, 0.5) is 0 Å². The van der Waals surface area contributed by atoms with Gasteiger partial charge < -0.3 is 40.2 Å². The van der Waals surface area contributed by atoms with Gasteiger partial charge in [0.25, 0.3) is 5.79 Å². The molecule has 0 radical (unpaired) electrons. The molecule has 0 saturated carbocycles. The molecule has 0 amide bonds. The Bertz CT molecular complexity index is 510. The molecule has 1 fully saturated rings. The van der Waals surface area contributed by atoms with Gasteiger partial charge in [0.2, 0.25) is 0 Å². The zero-order valence-corrected chi connectivity index (χ0v) is 11.8. The monoisotopic (exact) mass is 347 g/mol. The van der Waals surface area contributed by atoms with E-state index < -0.39 is 65.6 Å². The standard InChI is InChI=1S/C9H17NO11S/c10-5-3(12)1-9(16,8(15)21-22(17,18)19)20-7(5)6(14)4(13)2-11/h3-7,11-14,16H,1-2,10H2,(H,17,18,19)/t3-,4+,5+,6+,7+,9?/m0/s1. The minimum absolute atomic E-state index is 0.916. The predicted octanol–water partition coefficient (Wildman–Crippen LogP) is -4.79. The second kappa shape index (κ2) is 6.69. The van der Waals surface area contributed by atoms with Crippen molar-refractivity contribution in [2.75, 3.05) is 6.61 Å². The van der Waals surface area contributed by atoms with Crippen LogP contribution in [0.1, 0.15) is 6.42 Å². The van der Waals surface area contributed by atoms with Crippen molar-refractivity contribution in [1.82, 2.24) is 0 Å². The summed E-state index contributed by atoms with van der Waals surface area (Å²) < 4.78 is 37.7. The van der Waals surface area contributed by atoms with Crippen molar-refractivity contribution < 1.29 is 52.2 Å². The highest BCUT2D eigenvalue weighted by molar-refractivity contribution is 7.81. The third-order valence-corrected chi connectivity index (χ3v) is 3.42. The van der Waals surface area contributed by atoms with Crippen LogP contribution in [0.3, 0.4) is 0 Å². The van der Waals surface area contributed by atoms with Gasteiger partial charge in [0.15, 0.2) is 0 Å². The fraction of sp³-hybridized carbons (Fsp3) is 0.889. The van der Waals surface area contributed by atoms with E-state index in [0.717, 1.165) is 0 Å². The topological polar surface area (TPSA) is 217 Å². The van der Waals surface area contributed by atoms with E-state index in [2.05, 4.69) is 4.18 Å². The van der Waals surface area contributed by atoms with E-state index in [1.807, 2.05) is 0 Å². The molecule has 0 spiro atoms. The molecule has 1 heterocycles. The smallest absolute Gasteiger partial charge is 0.394 e. The Morgan fingerprint density at radius 2 is 2.00 bits per heavy atom. The lowest BCUT2D eigenvalue weighted by molar-refractivity contribution is -0.291. The molecule has 13 heteroatoms. The largest absolute Gasteiger partial charge is 0.449 e. The van der Waals surface area contributed by atoms with Crippen molar-refractivity contribution in [3.05, 3.63) is 0 Å². The van der Waals surface area contributed by atoms with Crippen LogP contribution < -0.4 is 5.73 Å². The maximum atomic E-state index is 11.5. The van der Waals surface area contributed by atoms with Crippen molar-refractivity contribution in [2.45, 2.75) is 42.7 Å². The summed E-state index contributed by atoms with van der Waals surface area (Å²) in [6, 6.07) is -1.38. The SMILES string of the molecule is N[C@H]1[C@H]([C@H](O)[C@H](O)CO)OC(O)(C(=O)OS(=O)(=O)O)C[C@@H]1O. The summed E-state index contributed by atoms with van der Waals surface area (Å²) in [5.41, 5.74) is 5.51. The summed E-state index contributed by atoms with van der Waals surface area (Å²) in [5.74, 6) is -5.03. The molecule has 0 aliphatic carbocycles. The molecule has 0 aromatic rings. The third kappa shape index (κ3) is 4.31. The van der Waals surface area contributed by atoms with E-state index in [1.165, 1.54) is 0 Å². The Balaban J connectivity index is 3.01. The molecule has 0 bridgehead atoms. The zero-order chi connectivity index (χ0) is 17.3. The second-order valence-electron chi connectivity index (χ2n) is 4.75. The zero-order valence-electron chi connectivity index (χ0n) is 11.0. The molecule has 6 atom stereocenters. The normalized spacial score (nSPS) is 35.7. The van der Waals surface area contributed by atoms with Crippen LogP contribution in [0.15, 0.2) is 0 Å². The molecule has 1 saturated heterocycles. The Morgan fingerprint density at radius 3 is 2.45 bits per heavy atom. The molecule has 130 valence electrons. The van der Waals surface area contributed by atoms with Gasteiger partial charge in [-0.2, -0.15) is 8.42 Å². The van der Waals surface area contributed by atoms with Crippen LogP contribution in [-0.4, -0.2) is 87.3 Å². The Hall–Kier alpha value is -0.900. The number of rotatable bonds is 5. The van der Waals surface area contributed by atoms with Crippen molar-refractivity contribution >= 4 is 16.4 Å². The predicted molar refractivity (Wildman–Crippen MR) is 65.2 cm³/mol. The lowest BCUT2D eigenvalue weighted by Crippen LogP contribution is -2.66. The Morgan fingerprint density at radius 1 is 1.45 bits per heavy atom. The highest BCUT2D eigenvalue weighted by Gasteiger charge is 2.54. The quantitative estimate of drug-likeness (QED) is 0.233. The van der Waals surface area contributed by atoms with Crippen molar-refractivity contribution in [1.29, 1.82) is 0 Å². The van der Waals surface area contributed by atoms with Crippen molar-refractivity contribution in [3.8, 4) is 0 Å². The second-order valence-corrected chi connectivity index (χ2v) is 5.78. The molecule has 0 aromatic heterocycles. The molecule has 1 rings (SSSR count). The molecule has 1 unspecified atom stereocenters. The highest BCUT2D eigenvalue weighted by atomic mass is 32.3. The van der Waals surface area contributed by atoms with Gasteiger partial charge in [-0.05, 0) is 0 Å². The first kappa shape index (κ1) is 19.1. The van der Waals surface area contributed by atoms with Crippen LogP contribution in [0.25, 0.3) is 0 Å². The fourth-order valence-corrected chi connectivity index (χ4v) is 2.23. The van der Waals surface area contributed by atoms with E-state index >= 15 is 0 Å². The lowest BCUT2D eigenvalue weighted by Gasteiger charge is -2.43. The van der Waals surface area contributed by atoms with Gasteiger partial charge in [0, 0.05) is 6.42 Å². The summed E-state index contributed by atoms with van der Waals surface area (Å²) in [6.45, 7) is -0.919. The van der Waals surface area contributed by atoms with Gasteiger partial charge in [-0.1, -0.05) is 0 Å². The summed E-state index contributed by atoms with van der Waals surface area (Å²) >= 11 is 0. The number of hydrogen-bond donors (Lipinski definition) is 7. The van der Waals surface area contributed by atoms with E-state index in [0.29, 0.717) is 0 Å². The van der Waals surface area contributed by atoms with E-state index in [1.54, 1.807) is 0 Å². The molecular formula is C9H17NO11S. The Kier molecular flexibility index (Phi) is 5.82. The number of carbonyl (C=O) groups is 1. The molecule has 1 aliphatic rings. The number of carbonyl (C=O) groups excluding carboxylic acids is 1. The van der Waals surface area contributed by atoms with Crippen LogP contribution in [-0.2, 0) is 24.1 Å². The van der Waals surface area contributed by atoms with E-state index in [-0.39, 0.29) is 0 Å². The molecule has 0 aromatic carbocycles. The molecule has 22 heavy (non-hydrogen) atoms. The van der Waals surface area contributed by atoms with Gasteiger partial charge in [0.05, 0.1) is 18.8 Å². The van der Waals surface area contributed by atoms with Crippen molar-refractivity contribution in [3.63, 3.8) is 0 Å². The van der Waals surface area contributed by atoms with E-state index in [4.69, 9.17) is 20.1 Å². The average molecular weight is 347 g/mol. The van der Waals surface area contributed by atoms with Crippen LogP contribution in [0.2, 0.25) is 0 Å². The Labute approximate surface area is 124 Å². The molecule has 12 nitrogen and oxygen atoms in total. The summed E-state index contributed by atoms with van der Waals surface area (Å²) in [4.78, 5) is 11.5. The van der Waals surface area contributed by atoms with Crippen molar-refractivity contribution in [2.24, 2.45) is 5.73 Å². The molecule has 1 aliphatic heterocycles. The van der Waals surface area contributed by atoms with E-state index in [9.17, 15) is 33.6 Å². The number of hydrogen-bond acceptors (Lipinski definition) is 11. The average Bonchev–Trinajstić information content (AvgIpc) is 2.39. The van der Waals surface area contributed by atoms with Gasteiger partial charge in [0.1, 0.15) is 18.3 Å². The highest BCUT2D eigenvalue weighted by Crippen LogP contribution is 2.30. The summed E-state index contributed by atoms with van der Waals surface area (Å²) in [6.07, 6.45) is -8.01. The first-order valence-corrected chi connectivity index (χ1v) is 7.30. The minimum atomic E-state index is -5.25. The molecular weight excluding hydrogens is 330 g/mol. The summed E-state index contributed by atoms with van der Waals surface area (Å²) in [5, 5.41) is 47.4. The molecule has 8 N–H and O–H groups in total. The first-order chi connectivity index (χ1) is 9.91. The first-order valence-electron chi connectivity index (χ1n) is 5.93. The van der Waals surface area contributed by atoms with Gasteiger partial charge in [-0.25, -0.2) is 4.79 Å². The van der Waals surface area contributed by atoms with Gasteiger partial charge in [-0.3, -0.25) is 4.55 Å². The van der Waals surface area contributed by atoms with Crippen LogP contribution >= 0.6 is 0 Å². The maximum Gasteiger partial charge on any atom is 0.449 e. The van der Waals surface area contributed by atoms with Gasteiger partial charge in [-0.15, -0.1) is 0 Å². The lowest BCUT2D eigenvalue weighted by atomic mass is 9.89. The van der Waals surface area contributed by atoms with Crippen LogP contribution in [0, 0.1) is 0 Å². The summed E-state index contributed by atoms with van der Waals surface area (Å²) in [7, 11) is -5.25. The fourth-order valence-electron chi connectivity index (χ4n) is 1.91. The third-order valence-electron chi connectivity index (χ3n) is 3.06. The van der Waals surface area contributed by atoms with Gasteiger partial charge >= 0.3 is 16.4 Å². The number of aliphatic hydroxyl groups excluding tert-OH is 4. The number of aliphatic hydroxyl groups is 5. The minimum Gasteiger partial charge on any atom is -0.394 e. The number of nitrogens with two attached hydrogens (primary N) is 1. The number of ether oxygens (including phenoxy) is 1. The maximum absolute atomic E-state index is 11.5.